The molecule has 0 amide bonds. The number of nitrogens with zero attached hydrogens (tertiary/aromatic N) is 4. The molecule has 6 heteroatoms. The summed E-state index contributed by atoms with van der Waals surface area (Å²) in [6, 6.07) is 7.93. The Balaban J connectivity index is 1.96. The van der Waals surface area contributed by atoms with Crippen molar-refractivity contribution in [3.8, 4) is 0 Å². The van der Waals surface area contributed by atoms with E-state index in [1.807, 2.05) is 42.9 Å². The number of fused-ring (bicyclic) bond motifs is 1. The first-order valence-corrected chi connectivity index (χ1v) is 7.23. The van der Waals surface area contributed by atoms with Gasteiger partial charge >= 0.3 is 0 Å². The second-order valence-electron chi connectivity index (χ2n) is 4.59. The third-order valence-electron chi connectivity index (χ3n) is 3.31. The van der Waals surface area contributed by atoms with Crippen molar-refractivity contribution in [3.05, 3.63) is 40.5 Å². The lowest BCUT2D eigenvalue weighted by Crippen LogP contribution is -2.05. The predicted octanol–water partition coefficient (Wildman–Crippen LogP) is 2.41. The number of rotatable bonds is 4. The van der Waals surface area contributed by atoms with Crippen LogP contribution in [0.25, 0.3) is 10.9 Å². The van der Waals surface area contributed by atoms with Crippen LogP contribution in [-0.4, -0.2) is 25.2 Å². The molecule has 0 aliphatic heterocycles. The van der Waals surface area contributed by atoms with E-state index in [0.29, 0.717) is 4.88 Å². The molecule has 2 heterocycles. The van der Waals surface area contributed by atoms with Gasteiger partial charge in [0.1, 0.15) is 4.88 Å². The molecule has 0 N–H and O–H groups in total. The molecule has 0 bridgehead atoms. The highest BCUT2D eigenvalue weighted by Gasteiger charge is 2.18. The molecule has 0 radical (unpaired) electrons. The highest BCUT2D eigenvalue weighted by molar-refractivity contribution is 7.08. The molecule has 3 rings (SSSR count). The number of hydrogen-bond donors (Lipinski definition) is 0. The van der Waals surface area contributed by atoms with Gasteiger partial charge in [-0.25, -0.2) is 0 Å². The van der Waals surface area contributed by atoms with Crippen molar-refractivity contribution < 1.29 is 4.79 Å². The SMILES string of the molecule is CCc1nnsc1C(=O)Cc1nn(C)c2ccccc12. The van der Waals surface area contributed by atoms with Crippen LogP contribution < -0.4 is 0 Å². The maximum absolute atomic E-state index is 12.4. The van der Waals surface area contributed by atoms with Gasteiger partial charge in [0, 0.05) is 12.4 Å². The second-order valence-corrected chi connectivity index (χ2v) is 5.34. The molecule has 102 valence electrons. The van der Waals surface area contributed by atoms with Crippen LogP contribution in [0.2, 0.25) is 0 Å². The van der Waals surface area contributed by atoms with Gasteiger partial charge in [-0.2, -0.15) is 5.10 Å². The second kappa shape index (κ2) is 5.13. The van der Waals surface area contributed by atoms with Crippen LogP contribution in [0.3, 0.4) is 0 Å². The van der Waals surface area contributed by atoms with Crippen molar-refractivity contribution in [2.24, 2.45) is 7.05 Å². The molecular formula is C14H14N4OS. The van der Waals surface area contributed by atoms with E-state index in [9.17, 15) is 4.79 Å². The minimum Gasteiger partial charge on any atom is -0.293 e. The van der Waals surface area contributed by atoms with Crippen molar-refractivity contribution in [3.63, 3.8) is 0 Å². The lowest BCUT2D eigenvalue weighted by atomic mass is 10.1. The summed E-state index contributed by atoms with van der Waals surface area (Å²) in [6.45, 7) is 1.98. The van der Waals surface area contributed by atoms with E-state index in [1.54, 1.807) is 0 Å². The molecule has 5 nitrogen and oxygen atoms in total. The quantitative estimate of drug-likeness (QED) is 0.691. The smallest absolute Gasteiger partial charge is 0.182 e. The number of aromatic nitrogens is 4. The summed E-state index contributed by atoms with van der Waals surface area (Å²) in [4.78, 5) is 13.0. The summed E-state index contributed by atoms with van der Waals surface area (Å²) in [6.07, 6.45) is 1.01. The van der Waals surface area contributed by atoms with Gasteiger partial charge in [0.05, 0.1) is 23.3 Å². The molecule has 0 saturated carbocycles. The number of aryl methyl sites for hydroxylation is 2. The molecule has 3 aromatic rings. The van der Waals surface area contributed by atoms with Crippen molar-refractivity contribution in [2.45, 2.75) is 19.8 Å². The van der Waals surface area contributed by atoms with Gasteiger partial charge in [-0.3, -0.25) is 9.48 Å². The topological polar surface area (TPSA) is 60.7 Å². The average molecular weight is 286 g/mol. The zero-order chi connectivity index (χ0) is 14.1. The fourth-order valence-corrected chi connectivity index (χ4v) is 2.99. The van der Waals surface area contributed by atoms with E-state index >= 15 is 0 Å². The number of ketones is 1. The Bertz CT molecular complexity index is 774. The van der Waals surface area contributed by atoms with Gasteiger partial charge in [0.15, 0.2) is 5.78 Å². The molecule has 0 saturated heterocycles. The van der Waals surface area contributed by atoms with Gasteiger partial charge < -0.3 is 0 Å². The minimum absolute atomic E-state index is 0.0423. The number of hydrogen-bond acceptors (Lipinski definition) is 5. The maximum atomic E-state index is 12.4. The predicted molar refractivity (Wildman–Crippen MR) is 78.0 cm³/mol. The van der Waals surface area contributed by atoms with E-state index in [0.717, 1.165) is 28.7 Å². The molecule has 1 aromatic carbocycles. The molecule has 2 aromatic heterocycles. The standard InChI is InChI=1S/C14H14N4OS/c1-3-10-14(20-17-15-10)13(19)8-11-9-6-4-5-7-12(9)18(2)16-11/h4-7H,3,8H2,1-2H3. The first-order valence-electron chi connectivity index (χ1n) is 6.45. The summed E-state index contributed by atoms with van der Waals surface area (Å²) in [5.74, 6) is 0.0423. The molecule has 0 spiro atoms. The number of para-hydroxylation sites is 1. The molecule has 0 aliphatic carbocycles. The van der Waals surface area contributed by atoms with Crippen LogP contribution in [0.5, 0.6) is 0 Å². The third-order valence-corrected chi connectivity index (χ3v) is 4.12. The summed E-state index contributed by atoms with van der Waals surface area (Å²) < 4.78 is 5.68. The Kier molecular flexibility index (Phi) is 3.31. The van der Waals surface area contributed by atoms with Crippen LogP contribution in [0, 0.1) is 0 Å². The zero-order valence-electron chi connectivity index (χ0n) is 11.3. The van der Waals surface area contributed by atoms with Gasteiger partial charge in [0.2, 0.25) is 0 Å². The van der Waals surface area contributed by atoms with Gasteiger partial charge in [-0.15, -0.1) is 5.10 Å². The highest BCUT2D eigenvalue weighted by atomic mass is 32.1. The average Bonchev–Trinajstić information content (AvgIpc) is 3.05. The molecule has 20 heavy (non-hydrogen) atoms. The summed E-state index contributed by atoms with van der Waals surface area (Å²) in [5, 5.41) is 9.47. The summed E-state index contributed by atoms with van der Waals surface area (Å²) in [5.41, 5.74) is 2.62. The summed E-state index contributed by atoms with van der Waals surface area (Å²) >= 11 is 1.17. The molecule has 0 unspecified atom stereocenters. The Morgan fingerprint density at radius 2 is 2.10 bits per heavy atom. The number of benzene rings is 1. The maximum Gasteiger partial charge on any atom is 0.182 e. The van der Waals surface area contributed by atoms with Crippen LogP contribution in [0.15, 0.2) is 24.3 Å². The Hall–Kier alpha value is -2.08. The Morgan fingerprint density at radius 3 is 2.90 bits per heavy atom. The molecule has 0 fully saturated rings. The van der Waals surface area contributed by atoms with Crippen LogP contribution in [-0.2, 0) is 19.9 Å². The van der Waals surface area contributed by atoms with Crippen molar-refractivity contribution in [1.82, 2.24) is 19.4 Å². The Morgan fingerprint density at radius 1 is 1.30 bits per heavy atom. The number of carbonyl (C=O) groups is 1. The first kappa shape index (κ1) is 12.9. The molecule has 0 atom stereocenters. The van der Waals surface area contributed by atoms with E-state index < -0.39 is 0 Å². The highest BCUT2D eigenvalue weighted by Crippen LogP contribution is 2.20. The lowest BCUT2D eigenvalue weighted by molar-refractivity contribution is 0.0995. The first-order chi connectivity index (χ1) is 9.70. The van der Waals surface area contributed by atoms with Crippen LogP contribution in [0.1, 0.15) is 28.0 Å². The van der Waals surface area contributed by atoms with Crippen molar-refractivity contribution in [2.75, 3.05) is 0 Å². The van der Waals surface area contributed by atoms with E-state index in [-0.39, 0.29) is 12.2 Å². The zero-order valence-corrected chi connectivity index (χ0v) is 12.1. The Labute approximate surface area is 120 Å². The number of carbonyl (C=O) groups excluding carboxylic acids is 1. The fourth-order valence-electron chi connectivity index (χ4n) is 2.30. The monoisotopic (exact) mass is 286 g/mol. The lowest BCUT2D eigenvalue weighted by Gasteiger charge is -1.97. The van der Waals surface area contributed by atoms with Gasteiger partial charge in [-0.05, 0) is 24.0 Å². The third kappa shape index (κ3) is 2.12. The van der Waals surface area contributed by atoms with Crippen molar-refractivity contribution >= 4 is 28.2 Å². The number of Topliss-reactive ketones (excluding diaryl/α,β-unsaturated/α-hetero) is 1. The largest absolute Gasteiger partial charge is 0.293 e. The van der Waals surface area contributed by atoms with Crippen LogP contribution >= 0.6 is 11.5 Å². The van der Waals surface area contributed by atoms with Gasteiger partial charge in [-0.1, -0.05) is 29.6 Å². The van der Waals surface area contributed by atoms with E-state index in [2.05, 4.69) is 14.7 Å². The normalized spacial score (nSPS) is 11.1. The summed E-state index contributed by atoms with van der Waals surface area (Å²) in [7, 11) is 1.89. The van der Waals surface area contributed by atoms with Gasteiger partial charge in [0.25, 0.3) is 0 Å². The van der Waals surface area contributed by atoms with Crippen LogP contribution in [0.4, 0.5) is 0 Å². The van der Waals surface area contributed by atoms with E-state index in [4.69, 9.17) is 0 Å². The molecule has 0 aliphatic rings. The van der Waals surface area contributed by atoms with E-state index in [1.165, 1.54) is 11.5 Å². The fraction of sp³-hybridized carbons (Fsp3) is 0.286. The minimum atomic E-state index is 0.0423. The van der Waals surface area contributed by atoms with Crippen molar-refractivity contribution in [1.29, 1.82) is 0 Å². The molecular weight excluding hydrogens is 272 g/mol.